The van der Waals surface area contributed by atoms with Gasteiger partial charge in [0.1, 0.15) is 17.1 Å². The van der Waals surface area contributed by atoms with Gasteiger partial charge in [0.25, 0.3) is 5.56 Å². The molecule has 2 aliphatic rings. The second kappa shape index (κ2) is 16.4. The summed E-state index contributed by atoms with van der Waals surface area (Å²) in [5, 5.41) is 9.26. The molecular weight excluding hydrogens is 719 g/mol. The van der Waals surface area contributed by atoms with Gasteiger partial charge in [-0.2, -0.15) is 13.7 Å². The summed E-state index contributed by atoms with van der Waals surface area (Å²) in [6, 6.07) is 11.8. The third-order valence-electron chi connectivity index (χ3n) is 9.41. The minimum atomic E-state index is -3.70. The molecule has 5 aromatic rings. The Balaban J connectivity index is 0.000000204. The molecule has 0 bridgehead atoms. The average Bonchev–Trinajstić information content (AvgIpc) is 3.29. The van der Waals surface area contributed by atoms with Gasteiger partial charge in [0.2, 0.25) is 20.0 Å². The summed E-state index contributed by atoms with van der Waals surface area (Å²) >= 11 is 0. The Kier molecular flexibility index (Phi) is 11.9. The van der Waals surface area contributed by atoms with Crippen LogP contribution >= 0.6 is 0 Å². The van der Waals surface area contributed by atoms with Crippen LogP contribution in [0.4, 0.5) is 0 Å². The predicted octanol–water partition coefficient (Wildman–Crippen LogP) is 2.83. The van der Waals surface area contributed by atoms with Crippen molar-refractivity contribution >= 4 is 41.9 Å². The van der Waals surface area contributed by atoms with Gasteiger partial charge in [0.05, 0.1) is 27.7 Å². The van der Waals surface area contributed by atoms with E-state index < -0.39 is 20.0 Å². The maximum absolute atomic E-state index is 13.3. The number of aromatic nitrogens is 5. The Morgan fingerprint density at radius 3 is 2.42 bits per heavy atom. The molecule has 0 unspecified atom stereocenters. The number of ether oxygens (including phenoxy) is 1. The molecule has 2 fully saturated rings. The lowest BCUT2D eigenvalue weighted by molar-refractivity contribution is 0.222. The maximum Gasteiger partial charge on any atom is 0.277 e. The standard InChI is InChI=1S/C22H30N6O4S.C14H17N3O2S/c1-5-7-17-19-20(27(4)25-17)22(29)24-21(23-19)16-14-15(8-9-18(16)32-6-2)33(30,31)28-12-10-26(3)11-13-28;18-20(19,17-9-2-6-15-8-10-17)14-4-1-3-12-11-16-7-5-13(12)14/h8-9,14H,5-7,10-13H2,1-4H3,(H,23,24,29);1,3-5,7,11,15H,2,6,8-10H2. The Bertz CT molecular complexity index is 2340. The summed E-state index contributed by atoms with van der Waals surface area (Å²) in [6.45, 7) is 9.13. The molecule has 7 rings (SSSR count). The molecule has 2 aromatic carbocycles. The van der Waals surface area contributed by atoms with Gasteiger partial charge in [-0.05, 0) is 63.7 Å². The molecule has 0 spiro atoms. The molecule has 17 heteroatoms. The highest BCUT2D eigenvalue weighted by atomic mass is 32.2. The van der Waals surface area contributed by atoms with Crippen molar-refractivity contribution in [3.63, 3.8) is 0 Å². The van der Waals surface area contributed by atoms with Crippen LogP contribution in [0.25, 0.3) is 33.2 Å². The number of hydrogen-bond donors (Lipinski definition) is 2. The van der Waals surface area contributed by atoms with Crippen molar-refractivity contribution in [1.82, 2.24) is 43.6 Å². The van der Waals surface area contributed by atoms with Gasteiger partial charge >= 0.3 is 0 Å². The number of pyridine rings is 1. The van der Waals surface area contributed by atoms with Crippen molar-refractivity contribution in [2.45, 2.75) is 42.9 Å². The third kappa shape index (κ3) is 8.14. The molecule has 0 atom stereocenters. The molecule has 3 aromatic heterocycles. The summed E-state index contributed by atoms with van der Waals surface area (Å²) in [5.74, 6) is 0.718. The van der Waals surface area contributed by atoms with E-state index in [-0.39, 0.29) is 16.3 Å². The maximum atomic E-state index is 13.3. The zero-order valence-corrected chi connectivity index (χ0v) is 32.2. The lowest BCUT2D eigenvalue weighted by atomic mass is 10.1. The zero-order chi connectivity index (χ0) is 37.8. The Hall–Kier alpha value is -4.26. The van der Waals surface area contributed by atoms with Crippen molar-refractivity contribution in [2.24, 2.45) is 7.05 Å². The van der Waals surface area contributed by atoms with E-state index in [1.807, 2.05) is 27.0 Å². The van der Waals surface area contributed by atoms with Crippen LogP contribution in [-0.4, -0.2) is 121 Å². The summed E-state index contributed by atoms with van der Waals surface area (Å²) in [6.07, 6.45) is 5.71. The van der Waals surface area contributed by atoms with Crippen LogP contribution in [0, 0.1) is 0 Å². The normalized spacial score (nSPS) is 16.7. The molecular formula is C36H47N9O6S2. The molecule has 2 aliphatic heterocycles. The third-order valence-corrected chi connectivity index (χ3v) is 13.3. The average molecular weight is 766 g/mol. The lowest BCUT2D eigenvalue weighted by Crippen LogP contribution is -2.47. The number of aromatic amines is 1. The van der Waals surface area contributed by atoms with Crippen molar-refractivity contribution in [3.05, 3.63) is 70.9 Å². The van der Waals surface area contributed by atoms with E-state index in [0.717, 1.165) is 35.9 Å². The molecule has 0 aliphatic carbocycles. The largest absolute Gasteiger partial charge is 0.493 e. The second-order valence-electron chi connectivity index (χ2n) is 13.1. The molecule has 2 saturated heterocycles. The number of aryl methyl sites for hydroxylation is 2. The van der Waals surface area contributed by atoms with Crippen LogP contribution in [-0.2, 0) is 33.5 Å². The number of nitrogens with zero attached hydrogens (tertiary/aromatic N) is 7. The minimum Gasteiger partial charge on any atom is -0.493 e. The van der Waals surface area contributed by atoms with Gasteiger partial charge in [0.15, 0.2) is 5.52 Å². The number of benzene rings is 2. The van der Waals surface area contributed by atoms with Crippen molar-refractivity contribution < 1.29 is 21.6 Å². The molecule has 53 heavy (non-hydrogen) atoms. The van der Waals surface area contributed by atoms with Gasteiger partial charge in [-0.3, -0.25) is 14.5 Å². The highest BCUT2D eigenvalue weighted by Crippen LogP contribution is 2.32. The quantitative estimate of drug-likeness (QED) is 0.226. The van der Waals surface area contributed by atoms with Crippen LogP contribution < -0.4 is 15.6 Å². The van der Waals surface area contributed by atoms with E-state index in [2.05, 4.69) is 25.3 Å². The van der Waals surface area contributed by atoms with Gasteiger partial charge in [-0.15, -0.1) is 0 Å². The van der Waals surface area contributed by atoms with Crippen LogP contribution in [0.2, 0.25) is 0 Å². The highest BCUT2D eigenvalue weighted by Gasteiger charge is 2.29. The smallest absolute Gasteiger partial charge is 0.277 e. The first-order chi connectivity index (χ1) is 25.4. The SMILES string of the molecule is CCCc1nn(C)c2c(=O)[nH]c(-c3cc(S(=O)(=O)N4CCN(C)CC4)ccc3OCC)nc12.O=S(=O)(c1cccc2cnccc12)N1CCCNCC1. The number of fused-ring (bicyclic) bond motifs is 2. The number of sulfonamides is 2. The summed E-state index contributed by atoms with van der Waals surface area (Å²) in [5.41, 5.74) is 1.75. The first kappa shape index (κ1) is 38.5. The lowest BCUT2D eigenvalue weighted by Gasteiger charge is -2.31. The monoisotopic (exact) mass is 765 g/mol. The van der Waals surface area contributed by atoms with E-state index in [1.165, 1.54) is 8.99 Å². The predicted molar refractivity (Wildman–Crippen MR) is 204 cm³/mol. The second-order valence-corrected chi connectivity index (χ2v) is 16.9. The Labute approximate surface area is 310 Å². The molecule has 2 N–H and O–H groups in total. The summed E-state index contributed by atoms with van der Waals surface area (Å²) < 4.78 is 62.7. The molecule has 0 amide bonds. The van der Waals surface area contributed by atoms with Crippen molar-refractivity contribution in [1.29, 1.82) is 0 Å². The zero-order valence-electron chi connectivity index (χ0n) is 30.6. The van der Waals surface area contributed by atoms with Crippen molar-refractivity contribution in [3.8, 4) is 17.1 Å². The summed E-state index contributed by atoms with van der Waals surface area (Å²) in [4.78, 5) is 27.1. The topological polar surface area (TPSA) is 176 Å². The fourth-order valence-corrected chi connectivity index (χ4v) is 9.75. The Morgan fingerprint density at radius 1 is 0.887 bits per heavy atom. The van der Waals surface area contributed by atoms with Gasteiger partial charge in [-0.25, -0.2) is 21.8 Å². The molecule has 0 radical (unpaired) electrons. The first-order valence-electron chi connectivity index (χ1n) is 17.9. The number of nitrogens with one attached hydrogen (secondary N) is 2. The number of hydrogen-bond acceptors (Lipinski definition) is 11. The van der Waals surface area contributed by atoms with Crippen LogP contribution in [0.1, 0.15) is 32.4 Å². The van der Waals surface area contributed by atoms with Gasteiger partial charge in [-0.1, -0.05) is 25.5 Å². The van der Waals surface area contributed by atoms with Crippen LogP contribution in [0.3, 0.4) is 0 Å². The van der Waals surface area contributed by atoms with E-state index in [4.69, 9.17) is 9.72 Å². The van der Waals surface area contributed by atoms with E-state index in [0.29, 0.717) is 86.1 Å². The first-order valence-corrected chi connectivity index (χ1v) is 20.8. The van der Waals surface area contributed by atoms with E-state index in [1.54, 1.807) is 60.1 Å². The highest BCUT2D eigenvalue weighted by molar-refractivity contribution is 7.89. The van der Waals surface area contributed by atoms with Gasteiger partial charge < -0.3 is 19.9 Å². The van der Waals surface area contributed by atoms with Gasteiger partial charge in [0, 0.05) is 76.0 Å². The molecule has 0 saturated carbocycles. The van der Waals surface area contributed by atoms with E-state index in [9.17, 15) is 21.6 Å². The fourth-order valence-electron chi connectivity index (χ4n) is 6.61. The minimum absolute atomic E-state index is 0.147. The van der Waals surface area contributed by atoms with Crippen molar-refractivity contribution in [2.75, 3.05) is 66.0 Å². The summed E-state index contributed by atoms with van der Waals surface area (Å²) in [7, 11) is -3.45. The number of rotatable bonds is 9. The fraction of sp³-hybridized carbons (Fsp3) is 0.444. The van der Waals surface area contributed by atoms with Crippen LogP contribution in [0.5, 0.6) is 5.75 Å². The Morgan fingerprint density at radius 2 is 1.66 bits per heavy atom. The van der Waals surface area contributed by atoms with E-state index >= 15 is 0 Å². The number of likely N-dealkylation sites (N-methyl/N-ethyl adjacent to an activating group) is 1. The van der Waals surface area contributed by atoms with Crippen LogP contribution in [0.15, 0.2) is 69.4 Å². The number of piperazine rings is 1. The molecule has 15 nitrogen and oxygen atoms in total. The molecule has 5 heterocycles. The molecule has 284 valence electrons. The number of H-pyrrole nitrogens is 1.